The molecule has 0 unspecified atom stereocenters. The fraction of sp³-hybridized carbons (Fsp3) is 0.700. The number of amides is 4. The number of rotatable bonds is 18. The summed E-state index contributed by atoms with van der Waals surface area (Å²) in [7, 11) is 0. The molecular formula is C40H61N3O7. The van der Waals surface area contributed by atoms with Crippen LogP contribution in [0.2, 0.25) is 0 Å². The third-order valence-electron chi connectivity index (χ3n) is 11.3. The molecule has 0 radical (unpaired) electrons. The second kappa shape index (κ2) is 18.4. The summed E-state index contributed by atoms with van der Waals surface area (Å²) in [4.78, 5) is 47.9. The number of carbonyl (C=O) groups is 4. The molecule has 3 aliphatic carbocycles. The fourth-order valence-electron chi connectivity index (χ4n) is 8.61. The first-order valence-electron chi connectivity index (χ1n) is 18.8. The minimum absolute atomic E-state index is 0.124. The minimum atomic E-state index is -0.577. The molecule has 5 atom stereocenters. The molecule has 3 saturated carbocycles. The molecule has 3 fully saturated rings. The Hall–Kier alpha value is -3.08. The third-order valence-corrected chi connectivity index (χ3v) is 11.3. The Balaban J connectivity index is 1.12. The number of ether oxygens (including phenoxy) is 2. The Morgan fingerprint density at radius 1 is 1.06 bits per heavy atom. The summed E-state index contributed by atoms with van der Waals surface area (Å²) in [5, 5.41) is 15.6. The van der Waals surface area contributed by atoms with Crippen molar-refractivity contribution in [1.82, 2.24) is 15.5 Å². The molecule has 1 aliphatic heterocycles. The lowest BCUT2D eigenvalue weighted by molar-refractivity contribution is -0.141. The van der Waals surface area contributed by atoms with Gasteiger partial charge < -0.3 is 25.2 Å². The van der Waals surface area contributed by atoms with Gasteiger partial charge in [0.25, 0.3) is 11.8 Å². The average molecular weight is 696 g/mol. The molecule has 0 saturated heterocycles. The first kappa shape index (κ1) is 39.7. The lowest BCUT2D eigenvalue weighted by Gasteiger charge is -2.44. The van der Waals surface area contributed by atoms with Gasteiger partial charge in [0.2, 0.25) is 11.8 Å². The van der Waals surface area contributed by atoms with Crippen molar-refractivity contribution in [2.45, 2.75) is 116 Å². The van der Waals surface area contributed by atoms with Gasteiger partial charge in [0.15, 0.2) is 0 Å². The van der Waals surface area contributed by atoms with Crippen molar-refractivity contribution in [1.29, 1.82) is 0 Å². The minimum Gasteiger partial charge on any atom is -0.390 e. The number of imide groups is 1. The maximum Gasteiger partial charge on any atom is 0.254 e. The summed E-state index contributed by atoms with van der Waals surface area (Å²) in [5.74, 6) is 0.355. The molecule has 4 aliphatic rings. The molecule has 0 aromatic rings. The van der Waals surface area contributed by atoms with Crippen molar-refractivity contribution in [3.8, 4) is 0 Å². The predicted octanol–water partition coefficient (Wildman–Crippen LogP) is 5.32. The Morgan fingerprint density at radius 2 is 1.80 bits per heavy atom. The zero-order chi connectivity index (χ0) is 36.3. The van der Waals surface area contributed by atoms with Gasteiger partial charge in [-0.1, -0.05) is 56.6 Å². The van der Waals surface area contributed by atoms with Crippen LogP contribution in [0.1, 0.15) is 105 Å². The average Bonchev–Trinajstić information content (AvgIpc) is 3.58. The number of allylic oxidation sites excluding steroid dienone is 4. The highest BCUT2D eigenvalue weighted by Gasteiger charge is 2.50. The summed E-state index contributed by atoms with van der Waals surface area (Å²) in [6.45, 7) is 14.1. The SMILES string of the molecule is C=C1CC[C@H](OCCCNC(=O)COCCNC(=O)CN2C(=O)C=CC2=O)C/C1=C/C=C1\CCC[C@]2(C)[C@@H]([C@H](C)CCCC(C)(C)O)CC[C@@H]12. The van der Waals surface area contributed by atoms with Gasteiger partial charge in [0, 0.05) is 31.8 Å². The van der Waals surface area contributed by atoms with E-state index in [-0.39, 0.29) is 38.3 Å². The number of fused-ring (bicyclic) bond motifs is 1. The van der Waals surface area contributed by atoms with Crippen LogP contribution in [-0.2, 0) is 28.7 Å². The van der Waals surface area contributed by atoms with E-state index in [4.69, 9.17) is 9.47 Å². The summed E-state index contributed by atoms with van der Waals surface area (Å²) in [6, 6.07) is 0. The molecule has 10 nitrogen and oxygen atoms in total. The molecule has 3 N–H and O–H groups in total. The van der Waals surface area contributed by atoms with Gasteiger partial charge in [-0.15, -0.1) is 0 Å². The van der Waals surface area contributed by atoms with Crippen LogP contribution in [-0.4, -0.2) is 84.8 Å². The number of hydrogen-bond acceptors (Lipinski definition) is 7. The molecule has 50 heavy (non-hydrogen) atoms. The summed E-state index contributed by atoms with van der Waals surface area (Å²) in [6.07, 6.45) is 20.1. The van der Waals surface area contributed by atoms with Crippen molar-refractivity contribution in [2.75, 3.05) is 39.5 Å². The molecular weight excluding hydrogens is 634 g/mol. The Kier molecular flexibility index (Phi) is 14.6. The lowest BCUT2D eigenvalue weighted by Crippen LogP contribution is -2.41. The lowest BCUT2D eigenvalue weighted by atomic mass is 9.60. The number of carbonyl (C=O) groups excluding carboxylic acids is 4. The highest BCUT2D eigenvalue weighted by Crippen LogP contribution is 2.60. The largest absolute Gasteiger partial charge is 0.390 e. The van der Waals surface area contributed by atoms with E-state index in [2.05, 4.69) is 43.2 Å². The highest BCUT2D eigenvalue weighted by molar-refractivity contribution is 6.14. The second-order valence-corrected chi connectivity index (χ2v) is 15.8. The maximum absolute atomic E-state index is 12.1. The van der Waals surface area contributed by atoms with Crippen LogP contribution in [0.4, 0.5) is 0 Å². The zero-order valence-electron chi connectivity index (χ0n) is 30.9. The van der Waals surface area contributed by atoms with Gasteiger partial charge >= 0.3 is 0 Å². The van der Waals surface area contributed by atoms with Gasteiger partial charge in [0.1, 0.15) is 13.2 Å². The van der Waals surface area contributed by atoms with E-state index in [1.165, 1.54) is 49.7 Å². The number of nitrogens with one attached hydrogen (secondary N) is 2. The van der Waals surface area contributed by atoms with Crippen LogP contribution >= 0.6 is 0 Å². The van der Waals surface area contributed by atoms with Gasteiger partial charge in [-0.2, -0.15) is 0 Å². The molecule has 0 bridgehead atoms. The van der Waals surface area contributed by atoms with Gasteiger partial charge in [-0.25, -0.2) is 0 Å². The van der Waals surface area contributed by atoms with Crippen molar-refractivity contribution in [2.24, 2.45) is 23.2 Å². The normalized spacial score (nSPS) is 27.7. The monoisotopic (exact) mass is 695 g/mol. The molecule has 0 aromatic carbocycles. The topological polar surface area (TPSA) is 134 Å². The van der Waals surface area contributed by atoms with Crippen molar-refractivity contribution < 1.29 is 33.8 Å². The maximum atomic E-state index is 12.1. The molecule has 4 amide bonds. The van der Waals surface area contributed by atoms with E-state index in [0.29, 0.717) is 36.8 Å². The smallest absolute Gasteiger partial charge is 0.254 e. The third kappa shape index (κ3) is 11.5. The molecule has 10 heteroatoms. The second-order valence-electron chi connectivity index (χ2n) is 15.8. The van der Waals surface area contributed by atoms with Crippen molar-refractivity contribution in [3.63, 3.8) is 0 Å². The van der Waals surface area contributed by atoms with Crippen molar-refractivity contribution >= 4 is 23.6 Å². The predicted molar refractivity (Wildman–Crippen MR) is 194 cm³/mol. The Labute approximate surface area is 299 Å². The van der Waals surface area contributed by atoms with Crippen LogP contribution in [0.25, 0.3) is 0 Å². The quantitative estimate of drug-likeness (QED) is 0.131. The van der Waals surface area contributed by atoms with Crippen LogP contribution in [0.15, 0.2) is 47.6 Å². The molecule has 0 aromatic heterocycles. The first-order chi connectivity index (χ1) is 23.8. The van der Waals surface area contributed by atoms with Gasteiger partial charge in [-0.05, 0) is 107 Å². The number of hydrogen-bond donors (Lipinski definition) is 3. The molecule has 278 valence electrons. The Morgan fingerprint density at radius 3 is 2.54 bits per heavy atom. The van der Waals surface area contributed by atoms with E-state index >= 15 is 0 Å². The highest BCUT2D eigenvalue weighted by atomic mass is 16.5. The van der Waals surface area contributed by atoms with E-state index < -0.39 is 23.3 Å². The van der Waals surface area contributed by atoms with Crippen LogP contribution in [0.3, 0.4) is 0 Å². The summed E-state index contributed by atoms with van der Waals surface area (Å²) < 4.78 is 11.5. The van der Waals surface area contributed by atoms with E-state index in [1.807, 2.05) is 13.8 Å². The van der Waals surface area contributed by atoms with Crippen LogP contribution in [0.5, 0.6) is 0 Å². The molecule has 0 spiro atoms. The summed E-state index contributed by atoms with van der Waals surface area (Å²) >= 11 is 0. The van der Waals surface area contributed by atoms with Crippen molar-refractivity contribution in [3.05, 3.63) is 47.6 Å². The Bertz CT molecular complexity index is 1310. The number of nitrogens with zero attached hydrogens (tertiary/aromatic N) is 1. The van der Waals surface area contributed by atoms with E-state index in [9.17, 15) is 24.3 Å². The summed E-state index contributed by atoms with van der Waals surface area (Å²) in [5.41, 5.74) is 3.91. The molecule has 4 rings (SSSR count). The fourth-order valence-corrected chi connectivity index (χ4v) is 8.61. The standard InChI is InChI=1S/C40H61N3O7/c1-28-11-14-32(50-23-8-21-41-36(45)27-49-24-22-42-35(44)26-43-37(46)17-18-38(43)47)25-31(28)13-12-30-10-7-20-40(5)33(15-16-34(30)40)29(2)9-6-19-39(3,4)48/h12-13,17-18,29,32-34,48H,1,6-11,14-16,19-27H2,2-5H3,(H,41,45)(H,42,44)/b30-12+,31-13-/t29-,32+,33-,34+,40-/m1/s1. The van der Waals surface area contributed by atoms with Crippen LogP contribution in [0, 0.1) is 23.2 Å². The van der Waals surface area contributed by atoms with Crippen LogP contribution < -0.4 is 10.6 Å². The first-order valence-corrected chi connectivity index (χ1v) is 18.8. The molecule has 1 heterocycles. The number of aliphatic hydroxyl groups is 1. The van der Waals surface area contributed by atoms with E-state index in [1.54, 1.807) is 5.57 Å². The van der Waals surface area contributed by atoms with Gasteiger partial charge in [-0.3, -0.25) is 24.1 Å². The zero-order valence-corrected chi connectivity index (χ0v) is 30.9. The van der Waals surface area contributed by atoms with E-state index in [0.717, 1.165) is 55.1 Å². The van der Waals surface area contributed by atoms with Gasteiger partial charge in [0.05, 0.1) is 18.3 Å².